The number of piperidine rings is 1. The summed E-state index contributed by atoms with van der Waals surface area (Å²) in [6.07, 6.45) is -1.84. The van der Waals surface area contributed by atoms with Gasteiger partial charge >= 0.3 is 0 Å². The summed E-state index contributed by atoms with van der Waals surface area (Å²) < 4.78 is 0. The molecule has 2 aliphatic heterocycles. The first-order chi connectivity index (χ1) is 37.6. The minimum absolute atomic E-state index is 0.00523. The molecule has 0 aromatic heterocycles. The van der Waals surface area contributed by atoms with E-state index in [0.717, 1.165) is 26.5 Å². The Labute approximate surface area is 467 Å². The van der Waals surface area contributed by atoms with E-state index in [-0.39, 0.29) is 67.9 Å². The molecule has 0 saturated carbocycles. The van der Waals surface area contributed by atoms with Crippen molar-refractivity contribution in [1.29, 1.82) is 0 Å². The molecule has 10 atom stereocenters. The van der Waals surface area contributed by atoms with Crippen molar-refractivity contribution in [3.05, 3.63) is 130 Å². The Balaban J connectivity index is 1.42. The van der Waals surface area contributed by atoms with Crippen LogP contribution >= 0.6 is 33.2 Å². The molecule has 1 unspecified atom stereocenters. The molecule has 23 nitrogen and oxygen atoms in total. The zero-order valence-electron chi connectivity index (χ0n) is 42.8. The Kier molecular flexibility index (Phi) is 21.9. The first-order valence-corrected chi connectivity index (χ1v) is 27.9. The van der Waals surface area contributed by atoms with E-state index in [1.807, 2.05) is 0 Å². The van der Waals surface area contributed by atoms with Crippen LogP contribution in [0.5, 0.6) is 11.5 Å². The first-order valence-electron chi connectivity index (χ1n) is 25.1. The van der Waals surface area contributed by atoms with Gasteiger partial charge in [-0.3, -0.25) is 43.2 Å². The molecule has 6 rings (SSSR count). The predicted octanol–water partition coefficient (Wildman–Crippen LogP) is -1.06. The number of nitrogens with one attached hydrogen (secondary N) is 6. The van der Waals surface area contributed by atoms with Crippen LogP contribution in [0, 0.1) is 0 Å². The van der Waals surface area contributed by atoms with Crippen molar-refractivity contribution in [2.24, 2.45) is 22.9 Å². The average molecular weight is 1150 g/mol. The van der Waals surface area contributed by atoms with Crippen molar-refractivity contribution < 1.29 is 58.5 Å². The standard InChI is InChI=1S/C53H64ClN11O12S2/c1-65-42(52(76)60-37(46(58)70)23-29-9-17-33(66)18-10-29)44-43(68)41(53(65)77)64-48(72)36(4-2-3-21-55)59-49(73)38(24-28-5-13-31(14-6-28)45(57)69)61-50(74)39(25-30-11-19-34(67)20-12-30)62-51(75)40(26-78-79-44)63-47(71)35(56)22-27-7-15-32(54)16-8-27/h5-20,35-44,66-68H,2-4,21-26,55-56H2,1H3,(H2,57,69)(H2,58,70)(H,59,73)(H,60,76)(H,61,74)(H,62,75)(H,63,71)(H,64,72)/t35-,36-,37+,38+,39-,40+,41-,42-,43-,44?/m0/s1. The predicted molar refractivity (Wildman–Crippen MR) is 296 cm³/mol. The molecule has 2 fully saturated rings. The second-order valence-corrected chi connectivity index (χ2v) is 22.2. The molecule has 26 heteroatoms. The summed E-state index contributed by atoms with van der Waals surface area (Å²) in [7, 11) is 2.94. The Morgan fingerprint density at radius 3 is 1.77 bits per heavy atom. The molecule has 79 heavy (non-hydrogen) atoms. The number of hydrogen-bond acceptors (Lipinski definition) is 16. The van der Waals surface area contributed by atoms with E-state index in [2.05, 4.69) is 31.9 Å². The van der Waals surface area contributed by atoms with Crippen LogP contribution in [0.2, 0.25) is 5.02 Å². The van der Waals surface area contributed by atoms with Gasteiger partial charge in [0.2, 0.25) is 53.2 Å². The van der Waals surface area contributed by atoms with Crippen molar-refractivity contribution in [1.82, 2.24) is 36.8 Å². The zero-order valence-corrected chi connectivity index (χ0v) is 45.2. The monoisotopic (exact) mass is 1150 g/mol. The maximum atomic E-state index is 14.8. The lowest BCUT2D eigenvalue weighted by atomic mass is 9.92. The molecule has 17 N–H and O–H groups in total. The Hall–Kier alpha value is -7.42. The highest BCUT2D eigenvalue weighted by Crippen LogP contribution is 2.37. The number of carbonyl (C=O) groups is 9. The van der Waals surface area contributed by atoms with Crippen LogP contribution in [0.15, 0.2) is 97.1 Å². The fraction of sp³-hybridized carbons (Fsp3) is 0.377. The normalized spacial score (nSPS) is 23.1. The highest BCUT2D eigenvalue weighted by molar-refractivity contribution is 8.77. The summed E-state index contributed by atoms with van der Waals surface area (Å²) in [6, 6.07) is 12.0. The highest BCUT2D eigenvalue weighted by atomic mass is 35.5. The van der Waals surface area contributed by atoms with Crippen molar-refractivity contribution in [3.8, 4) is 11.5 Å². The van der Waals surface area contributed by atoms with E-state index in [0.29, 0.717) is 33.7 Å². The summed E-state index contributed by atoms with van der Waals surface area (Å²) in [4.78, 5) is 127. The van der Waals surface area contributed by atoms with Gasteiger partial charge in [0.25, 0.3) is 0 Å². The van der Waals surface area contributed by atoms with E-state index in [4.69, 9.17) is 34.5 Å². The molecule has 0 radical (unpaired) electrons. The van der Waals surface area contributed by atoms with Crippen molar-refractivity contribution in [3.63, 3.8) is 0 Å². The number of fused-ring (bicyclic) bond motifs is 2. The fourth-order valence-electron chi connectivity index (χ4n) is 8.80. The first kappa shape index (κ1) is 60.8. The van der Waals surface area contributed by atoms with Gasteiger partial charge in [0, 0.05) is 42.6 Å². The Bertz CT molecular complexity index is 2840. The second-order valence-electron chi connectivity index (χ2n) is 19.2. The van der Waals surface area contributed by atoms with E-state index < -0.39 is 113 Å². The van der Waals surface area contributed by atoms with Gasteiger partial charge in [-0.25, -0.2) is 0 Å². The third-order valence-electron chi connectivity index (χ3n) is 13.3. The molecule has 2 heterocycles. The van der Waals surface area contributed by atoms with Gasteiger partial charge in [0.1, 0.15) is 53.8 Å². The summed E-state index contributed by atoms with van der Waals surface area (Å²) in [6.45, 7) is 0.216. The van der Waals surface area contributed by atoms with Gasteiger partial charge in [0.15, 0.2) is 0 Å². The number of phenols is 2. The molecule has 9 amide bonds. The number of hydrogen-bond donors (Lipinski definition) is 13. The minimum Gasteiger partial charge on any atom is -0.508 e. The molecule has 2 saturated heterocycles. The maximum Gasteiger partial charge on any atom is 0.248 e. The quantitative estimate of drug-likeness (QED) is 0.0417. The molecule has 0 spiro atoms. The maximum absolute atomic E-state index is 14.8. The van der Waals surface area contributed by atoms with Crippen molar-refractivity contribution in [2.45, 2.75) is 105 Å². The number of nitrogens with zero attached hydrogens (tertiary/aromatic N) is 1. The number of amides is 9. The zero-order chi connectivity index (χ0) is 57.5. The van der Waals surface area contributed by atoms with Crippen LogP contribution in [0.25, 0.3) is 0 Å². The van der Waals surface area contributed by atoms with Crippen LogP contribution < -0.4 is 54.8 Å². The number of nitrogens with two attached hydrogens (primary N) is 4. The SMILES string of the molecule is CN1C(=O)[C@H]2NC(=O)[C@H](CCCCN)NC(=O)[C@@H](Cc3ccc(C(N)=O)cc3)NC(=O)[C@H](Cc3ccc(O)cc3)NC(=O)[C@H](NC(=O)[C@@H](N)Cc3ccc(Cl)cc3)CSSC([C@H]2O)[C@H]1C(=O)N[C@H](Cc1ccc(O)cc1)C(N)=O. The van der Waals surface area contributed by atoms with Gasteiger partial charge < -0.3 is 75.1 Å². The van der Waals surface area contributed by atoms with Crippen molar-refractivity contribution in [2.75, 3.05) is 19.3 Å². The molecular formula is C53H64ClN11O12S2. The average Bonchev–Trinajstić information content (AvgIpc) is 3.43. The number of halogens is 1. The molecule has 4 aromatic rings. The third-order valence-corrected chi connectivity index (χ3v) is 16.4. The molecule has 4 aromatic carbocycles. The number of likely N-dealkylation sites (tertiary alicyclic amines) is 1. The van der Waals surface area contributed by atoms with Gasteiger partial charge in [-0.2, -0.15) is 0 Å². The largest absolute Gasteiger partial charge is 0.508 e. The van der Waals surface area contributed by atoms with E-state index in [1.54, 1.807) is 24.3 Å². The summed E-state index contributed by atoms with van der Waals surface area (Å²) >= 11 is 6.08. The van der Waals surface area contributed by atoms with Crippen molar-refractivity contribution >= 4 is 86.4 Å². The number of carbonyl (C=O) groups excluding carboxylic acids is 9. The van der Waals surface area contributed by atoms with Crippen LogP contribution in [-0.2, 0) is 64.0 Å². The third kappa shape index (κ3) is 17.0. The second kappa shape index (κ2) is 28.5. The van der Waals surface area contributed by atoms with Gasteiger partial charge in [-0.1, -0.05) is 81.7 Å². The van der Waals surface area contributed by atoms with E-state index in [1.165, 1.54) is 79.8 Å². The number of benzene rings is 4. The summed E-state index contributed by atoms with van der Waals surface area (Å²) in [5.74, 6) is -8.50. The Morgan fingerprint density at radius 2 is 1.22 bits per heavy atom. The lowest BCUT2D eigenvalue weighted by Gasteiger charge is -2.44. The van der Waals surface area contributed by atoms with Crippen LogP contribution in [0.1, 0.15) is 51.9 Å². The molecule has 2 aliphatic rings. The van der Waals surface area contributed by atoms with Crippen LogP contribution in [0.3, 0.4) is 0 Å². The number of likely N-dealkylation sites (N-methyl/N-ethyl adjacent to an activating group) is 1. The summed E-state index contributed by atoms with van der Waals surface area (Å²) in [5, 5.41) is 47.2. The Morgan fingerprint density at radius 1 is 0.709 bits per heavy atom. The topological polar surface area (TPSA) is 394 Å². The number of rotatable bonds is 18. The molecule has 0 aliphatic carbocycles. The number of unbranched alkanes of at least 4 members (excludes halogenated alkanes) is 1. The number of primary amides is 2. The molecular weight excluding hydrogens is 1080 g/mol. The highest BCUT2D eigenvalue weighted by Gasteiger charge is 2.52. The minimum atomic E-state index is -1.89. The van der Waals surface area contributed by atoms with Crippen LogP contribution in [0.4, 0.5) is 0 Å². The van der Waals surface area contributed by atoms with E-state index in [9.17, 15) is 58.5 Å². The number of aliphatic hydroxyl groups is 1. The lowest BCUT2D eigenvalue weighted by Crippen LogP contribution is -2.71. The number of aromatic hydroxyl groups is 2. The van der Waals surface area contributed by atoms with Gasteiger partial charge in [-0.15, -0.1) is 0 Å². The smallest absolute Gasteiger partial charge is 0.248 e. The molecule has 2 bridgehead atoms. The number of phenolic OH excluding ortho intramolecular Hbond substituents is 2. The molecule has 422 valence electrons. The van der Waals surface area contributed by atoms with Gasteiger partial charge in [-0.05, 0) is 103 Å². The van der Waals surface area contributed by atoms with Gasteiger partial charge in [0.05, 0.1) is 17.4 Å². The fourth-order valence-corrected chi connectivity index (χ4v) is 12.0. The summed E-state index contributed by atoms with van der Waals surface area (Å²) in [5.41, 5.74) is 25.6. The lowest BCUT2D eigenvalue weighted by molar-refractivity contribution is -0.151. The van der Waals surface area contributed by atoms with Crippen LogP contribution in [-0.4, -0.2) is 152 Å². The number of aliphatic hydroxyl groups excluding tert-OH is 1. The van der Waals surface area contributed by atoms with E-state index >= 15 is 0 Å².